The molecule has 0 aromatic heterocycles. The van der Waals surface area contributed by atoms with E-state index in [2.05, 4.69) is 10.6 Å². The van der Waals surface area contributed by atoms with E-state index in [-0.39, 0.29) is 42.8 Å². The van der Waals surface area contributed by atoms with E-state index >= 15 is 0 Å². The maximum atomic E-state index is 13.5. The second-order valence-electron chi connectivity index (χ2n) is 11.1. The fourth-order valence-electron chi connectivity index (χ4n) is 4.93. The van der Waals surface area contributed by atoms with Crippen LogP contribution in [0.5, 0.6) is 11.5 Å². The molecule has 1 heterocycles. The number of methoxy groups -OCH3 is 1. The molecule has 236 valence electrons. The molecule has 4 rings (SSSR count). The number of anilines is 2. The normalized spacial score (nSPS) is 17.9. The van der Waals surface area contributed by atoms with Gasteiger partial charge < -0.3 is 30.1 Å². The van der Waals surface area contributed by atoms with Gasteiger partial charge in [-0.2, -0.15) is 4.31 Å². The first-order chi connectivity index (χ1) is 20.9. The lowest BCUT2D eigenvalue weighted by atomic mass is 10.0. The number of hydrogen-bond donors (Lipinski definition) is 3. The molecule has 3 atom stereocenters. The highest BCUT2D eigenvalue weighted by molar-refractivity contribution is 7.89. The van der Waals surface area contributed by atoms with E-state index in [4.69, 9.17) is 9.47 Å². The minimum absolute atomic E-state index is 0.0244. The molecule has 0 saturated heterocycles. The topological polar surface area (TPSA) is 138 Å². The third kappa shape index (κ3) is 7.87. The van der Waals surface area contributed by atoms with Crippen molar-refractivity contribution in [3.05, 3.63) is 77.9 Å². The van der Waals surface area contributed by atoms with Gasteiger partial charge in [0.25, 0.3) is 0 Å². The summed E-state index contributed by atoms with van der Waals surface area (Å²) in [5.41, 5.74) is 2.48. The highest BCUT2D eigenvalue weighted by atomic mass is 32.2. The van der Waals surface area contributed by atoms with Gasteiger partial charge in [0, 0.05) is 36.4 Å². The number of benzene rings is 3. The van der Waals surface area contributed by atoms with Crippen LogP contribution in [-0.4, -0.2) is 80.7 Å². The van der Waals surface area contributed by atoms with Gasteiger partial charge in [-0.05, 0) is 68.4 Å². The van der Waals surface area contributed by atoms with Gasteiger partial charge in [-0.1, -0.05) is 24.6 Å². The maximum Gasteiger partial charge on any atom is 0.323 e. The zero-order valence-corrected chi connectivity index (χ0v) is 26.4. The van der Waals surface area contributed by atoms with E-state index in [1.165, 1.54) is 11.4 Å². The highest BCUT2D eigenvalue weighted by Gasteiger charge is 2.33. The molecule has 0 saturated carbocycles. The van der Waals surface area contributed by atoms with Crippen molar-refractivity contribution in [1.82, 2.24) is 9.21 Å². The van der Waals surface area contributed by atoms with Crippen LogP contribution in [0.4, 0.5) is 16.2 Å². The lowest BCUT2D eigenvalue weighted by molar-refractivity contribution is -0.134. The molecular weight excluding hydrogens is 584 g/mol. The Bertz CT molecular complexity index is 1560. The van der Waals surface area contributed by atoms with Gasteiger partial charge in [-0.15, -0.1) is 0 Å². The molecule has 3 aromatic rings. The summed E-state index contributed by atoms with van der Waals surface area (Å²) >= 11 is 0. The van der Waals surface area contributed by atoms with Crippen LogP contribution in [0, 0.1) is 12.8 Å². The molecule has 3 aromatic carbocycles. The van der Waals surface area contributed by atoms with Crippen LogP contribution in [0.25, 0.3) is 0 Å². The second kappa shape index (κ2) is 14.1. The third-order valence-electron chi connectivity index (χ3n) is 7.69. The number of hydrogen-bond acceptors (Lipinski definition) is 7. The average Bonchev–Trinajstić information content (AvgIpc) is 3.04. The number of aliphatic hydroxyl groups excluding tert-OH is 1. The first kappa shape index (κ1) is 32.8. The Morgan fingerprint density at radius 2 is 1.73 bits per heavy atom. The number of urea groups is 1. The number of aliphatic hydroxyl groups is 1. The second-order valence-corrected chi connectivity index (χ2v) is 13.2. The fraction of sp³-hybridized carbons (Fsp3) is 0.375. The highest BCUT2D eigenvalue weighted by Crippen LogP contribution is 2.30. The van der Waals surface area contributed by atoms with E-state index < -0.39 is 28.2 Å². The zero-order valence-electron chi connectivity index (χ0n) is 25.6. The van der Waals surface area contributed by atoms with Crippen molar-refractivity contribution >= 4 is 33.3 Å². The molecule has 11 nitrogen and oxygen atoms in total. The van der Waals surface area contributed by atoms with Crippen molar-refractivity contribution in [3.63, 3.8) is 0 Å². The molecule has 0 fully saturated rings. The molecule has 0 bridgehead atoms. The predicted molar refractivity (Wildman–Crippen MR) is 169 cm³/mol. The number of amides is 3. The molecule has 0 unspecified atom stereocenters. The Morgan fingerprint density at radius 1 is 1.09 bits per heavy atom. The Kier molecular flexibility index (Phi) is 10.5. The summed E-state index contributed by atoms with van der Waals surface area (Å²) in [6, 6.07) is 17.6. The quantitative estimate of drug-likeness (QED) is 0.326. The number of fused-ring (bicyclic) bond motifs is 1. The van der Waals surface area contributed by atoms with E-state index in [1.54, 1.807) is 85.7 Å². The number of likely N-dealkylation sites (N-methyl/N-ethyl adjacent to an activating group) is 1. The van der Waals surface area contributed by atoms with Crippen LogP contribution in [0.3, 0.4) is 0 Å². The Labute approximate surface area is 258 Å². The smallest absolute Gasteiger partial charge is 0.323 e. The first-order valence-corrected chi connectivity index (χ1v) is 15.8. The molecule has 1 aliphatic rings. The van der Waals surface area contributed by atoms with Crippen molar-refractivity contribution in [2.24, 2.45) is 5.92 Å². The summed E-state index contributed by atoms with van der Waals surface area (Å²) in [4.78, 5) is 28.0. The lowest BCUT2D eigenvalue weighted by Crippen LogP contribution is -2.48. The minimum Gasteiger partial charge on any atom is -0.497 e. The van der Waals surface area contributed by atoms with Gasteiger partial charge in [0.15, 0.2) is 0 Å². The van der Waals surface area contributed by atoms with Gasteiger partial charge in [-0.25, -0.2) is 13.2 Å². The number of carbonyl (C=O) groups is 2. The molecule has 12 heteroatoms. The van der Waals surface area contributed by atoms with Crippen molar-refractivity contribution in [2.75, 3.05) is 44.5 Å². The predicted octanol–water partition coefficient (Wildman–Crippen LogP) is 4.12. The first-order valence-electron chi connectivity index (χ1n) is 14.4. The van der Waals surface area contributed by atoms with Gasteiger partial charge in [-0.3, -0.25) is 4.79 Å². The third-order valence-corrected chi connectivity index (χ3v) is 9.53. The molecular formula is C32H40N4O7S. The van der Waals surface area contributed by atoms with Gasteiger partial charge in [0.05, 0.1) is 37.6 Å². The number of rotatable bonds is 9. The summed E-state index contributed by atoms with van der Waals surface area (Å²) in [5.74, 6) is 0.567. The summed E-state index contributed by atoms with van der Waals surface area (Å²) in [6.45, 7) is 5.59. The Balaban J connectivity index is 1.60. The number of nitrogens with one attached hydrogen (secondary N) is 2. The van der Waals surface area contributed by atoms with Crippen molar-refractivity contribution in [2.45, 2.75) is 44.2 Å². The summed E-state index contributed by atoms with van der Waals surface area (Å²) < 4.78 is 39.6. The van der Waals surface area contributed by atoms with Gasteiger partial charge in [0.2, 0.25) is 15.9 Å². The van der Waals surface area contributed by atoms with Crippen molar-refractivity contribution in [3.8, 4) is 11.5 Å². The Hall–Kier alpha value is -4.13. The number of ether oxygens (including phenoxy) is 2. The average molecular weight is 625 g/mol. The van der Waals surface area contributed by atoms with Gasteiger partial charge >= 0.3 is 6.03 Å². The number of nitrogens with zero attached hydrogens (tertiary/aromatic N) is 2. The summed E-state index contributed by atoms with van der Waals surface area (Å²) in [6.07, 6.45) is -0.665. The zero-order chi connectivity index (χ0) is 32.0. The number of carbonyl (C=O) groups excluding carboxylic acids is 2. The van der Waals surface area contributed by atoms with Crippen molar-refractivity contribution in [1.29, 1.82) is 0 Å². The van der Waals surface area contributed by atoms with Crippen LogP contribution in [0.15, 0.2) is 71.6 Å². The van der Waals surface area contributed by atoms with E-state index in [0.717, 1.165) is 5.56 Å². The van der Waals surface area contributed by atoms with Crippen LogP contribution < -0.4 is 20.1 Å². The van der Waals surface area contributed by atoms with E-state index in [1.807, 2.05) is 13.8 Å². The molecule has 44 heavy (non-hydrogen) atoms. The van der Waals surface area contributed by atoms with Crippen LogP contribution in [-0.2, 0) is 21.2 Å². The lowest BCUT2D eigenvalue weighted by Gasteiger charge is -2.33. The standard InChI is InChI=1S/C32H40N4O7S/c1-21-6-13-28(14-7-21)44(40,41)35(4)19-30-22(2)18-36(23(3)20-37)31(38)17-24-16-26(10-15-29(24)43-30)34-32(39)33-25-8-11-27(42-5)12-9-25/h6-16,22-23,30,37H,17-20H2,1-5H3,(H2,33,34,39)/t22-,23-,30-/m1/s1. The van der Waals surface area contributed by atoms with E-state index in [0.29, 0.717) is 28.4 Å². The SMILES string of the molecule is COc1ccc(NC(=O)Nc2ccc3c(c2)CC(=O)N([C@H](C)CO)C[C@@H](C)[C@@H](CN(C)S(=O)(=O)c2ccc(C)cc2)O3)cc1. The fourth-order valence-corrected chi connectivity index (χ4v) is 6.12. The Morgan fingerprint density at radius 3 is 2.36 bits per heavy atom. The molecule has 0 spiro atoms. The summed E-state index contributed by atoms with van der Waals surface area (Å²) in [7, 11) is -0.744. The monoisotopic (exact) mass is 624 g/mol. The molecule has 1 aliphatic heterocycles. The van der Waals surface area contributed by atoms with Crippen LogP contribution in [0.1, 0.15) is 25.0 Å². The van der Waals surface area contributed by atoms with Crippen molar-refractivity contribution < 1.29 is 32.6 Å². The van der Waals surface area contributed by atoms with Gasteiger partial charge in [0.1, 0.15) is 17.6 Å². The maximum absolute atomic E-state index is 13.5. The molecule has 3 amide bonds. The summed E-state index contributed by atoms with van der Waals surface area (Å²) in [5, 5.41) is 15.4. The molecule has 3 N–H and O–H groups in total. The number of aryl methyl sites for hydroxylation is 1. The van der Waals surface area contributed by atoms with Crippen LogP contribution >= 0.6 is 0 Å². The van der Waals surface area contributed by atoms with Crippen LogP contribution in [0.2, 0.25) is 0 Å². The largest absolute Gasteiger partial charge is 0.497 e. The minimum atomic E-state index is -3.81. The number of sulfonamides is 1. The molecule has 0 aliphatic carbocycles. The van der Waals surface area contributed by atoms with E-state index in [9.17, 15) is 23.1 Å². The molecule has 0 radical (unpaired) electrons.